The molecular formula is C19H24N2O5S. The largest absolute Gasteiger partial charge is 0.495 e. The van der Waals surface area contributed by atoms with Crippen LogP contribution in [0.5, 0.6) is 11.5 Å². The topological polar surface area (TPSA) is 84.9 Å². The molecule has 8 heteroatoms. The van der Waals surface area contributed by atoms with Gasteiger partial charge in [-0.2, -0.15) is 0 Å². The predicted molar refractivity (Wildman–Crippen MR) is 104 cm³/mol. The zero-order chi connectivity index (χ0) is 20.0. The predicted octanol–water partition coefficient (Wildman–Crippen LogP) is 2.66. The van der Waals surface area contributed by atoms with Gasteiger partial charge in [-0.25, -0.2) is 12.7 Å². The number of anilines is 1. The average Bonchev–Trinajstić information content (AvgIpc) is 2.61. The highest BCUT2D eigenvalue weighted by Crippen LogP contribution is 2.28. The van der Waals surface area contributed by atoms with Gasteiger partial charge in [0, 0.05) is 14.1 Å². The molecule has 0 aliphatic rings. The maximum Gasteiger partial charge on any atom is 0.242 e. The summed E-state index contributed by atoms with van der Waals surface area (Å²) in [6.07, 6.45) is 0.113. The number of benzene rings is 2. The van der Waals surface area contributed by atoms with Crippen LogP contribution in [0.15, 0.2) is 47.4 Å². The van der Waals surface area contributed by atoms with Gasteiger partial charge in [-0.05, 0) is 42.8 Å². The van der Waals surface area contributed by atoms with Gasteiger partial charge in [-0.1, -0.05) is 12.1 Å². The van der Waals surface area contributed by atoms with E-state index in [2.05, 4.69) is 5.32 Å². The third-order valence-electron chi connectivity index (χ3n) is 3.81. The standard InChI is InChI=1S/C19H24N2O5S/c1-14-6-5-7-15(12-14)26-11-10-19(22)20-17-13-16(8-9-18(17)25-4)27(23,24)21(2)3/h5-9,12-13H,10-11H2,1-4H3,(H,20,22). The van der Waals surface area contributed by atoms with Gasteiger partial charge in [0.25, 0.3) is 0 Å². The Morgan fingerprint density at radius 1 is 1.15 bits per heavy atom. The summed E-state index contributed by atoms with van der Waals surface area (Å²) in [6, 6.07) is 11.9. The van der Waals surface area contributed by atoms with Gasteiger partial charge in [-0.3, -0.25) is 4.79 Å². The van der Waals surface area contributed by atoms with Crippen LogP contribution in [0.3, 0.4) is 0 Å². The highest BCUT2D eigenvalue weighted by molar-refractivity contribution is 7.89. The molecule has 0 saturated carbocycles. The Balaban J connectivity index is 2.05. The van der Waals surface area contributed by atoms with Crippen LogP contribution in [-0.2, 0) is 14.8 Å². The molecule has 0 heterocycles. The molecule has 0 saturated heterocycles. The van der Waals surface area contributed by atoms with Crippen LogP contribution in [0.2, 0.25) is 0 Å². The van der Waals surface area contributed by atoms with E-state index in [0.717, 1.165) is 9.87 Å². The Bertz CT molecular complexity index is 910. The molecule has 2 aromatic carbocycles. The van der Waals surface area contributed by atoms with E-state index in [0.29, 0.717) is 17.2 Å². The molecule has 146 valence electrons. The Morgan fingerprint density at radius 2 is 1.89 bits per heavy atom. The number of hydrogen-bond acceptors (Lipinski definition) is 5. The van der Waals surface area contributed by atoms with E-state index in [-0.39, 0.29) is 23.8 Å². The summed E-state index contributed by atoms with van der Waals surface area (Å²) in [5.74, 6) is 0.764. The van der Waals surface area contributed by atoms with E-state index in [1.165, 1.54) is 39.4 Å². The molecule has 0 aliphatic heterocycles. The Labute approximate surface area is 160 Å². The molecule has 27 heavy (non-hydrogen) atoms. The first kappa shape index (κ1) is 20.7. The number of rotatable bonds is 8. The molecular weight excluding hydrogens is 368 g/mol. The second-order valence-corrected chi connectivity index (χ2v) is 8.26. The van der Waals surface area contributed by atoms with Gasteiger partial charge in [0.2, 0.25) is 15.9 Å². The molecule has 0 atom stereocenters. The number of nitrogens with one attached hydrogen (secondary N) is 1. The van der Waals surface area contributed by atoms with E-state index < -0.39 is 10.0 Å². The molecule has 0 aromatic heterocycles. The number of hydrogen-bond donors (Lipinski definition) is 1. The van der Waals surface area contributed by atoms with Crippen LogP contribution < -0.4 is 14.8 Å². The lowest BCUT2D eigenvalue weighted by Crippen LogP contribution is -2.22. The third kappa shape index (κ3) is 5.45. The van der Waals surface area contributed by atoms with Crippen molar-refractivity contribution >= 4 is 21.6 Å². The SMILES string of the molecule is COc1ccc(S(=O)(=O)N(C)C)cc1NC(=O)CCOc1cccc(C)c1. The molecule has 7 nitrogen and oxygen atoms in total. The third-order valence-corrected chi connectivity index (χ3v) is 5.62. The fourth-order valence-electron chi connectivity index (χ4n) is 2.34. The van der Waals surface area contributed by atoms with Crippen molar-refractivity contribution in [2.75, 3.05) is 33.1 Å². The lowest BCUT2D eigenvalue weighted by atomic mass is 10.2. The van der Waals surface area contributed by atoms with Crippen LogP contribution >= 0.6 is 0 Å². The van der Waals surface area contributed by atoms with Gasteiger partial charge in [0.05, 0.1) is 30.7 Å². The molecule has 0 bridgehead atoms. The van der Waals surface area contributed by atoms with Crippen LogP contribution in [-0.4, -0.2) is 46.4 Å². The average molecular weight is 392 g/mol. The van der Waals surface area contributed by atoms with Gasteiger partial charge >= 0.3 is 0 Å². The van der Waals surface area contributed by atoms with Crippen molar-refractivity contribution in [3.8, 4) is 11.5 Å². The molecule has 2 rings (SSSR count). The van der Waals surface area contributed by atoms with Crippen molar-refractivity contribution in [3.63, 3.8) is 0 Å². The van der Waals surface area contributed by atoms with Crippen LogP contribution in [0.25, 0.3) is 0 Å². The quantitative estimate of drug-likeness (QED) is 0.747. The summed E-state index contributed by atoms with van der Waals surface area (Å²) in [5.41, 5.74) is 1.36. The van der Waals surface area contributed by atoms with Crippen molar-refractivity contribution in [2.24, 2.45) is 0 Å². The van der Waals surface area contributed by atoms with Crippen LogP contribution in [0.1, 0.15) is 12.0 Å². The number of aryl methyl sites for hydroxylation is 1. The maximum absolute atomic E-state index is 12.3. The molecule has 0 radical (unpaired) electrons. The normalized spacial score (nSPS) is 11.3. The monoisotopic (exact) mass is 392 g/mol. The van der Waals surface area contributed by atoms with Crippen molar-refractivity contribution in [1.82, 2.24) is 4.31 Å². The second kappa shape index (κ2) is 8.88. The molecule has 0 unspecified atom stereocenters. The van der Waals surface area contributed by atoms with Crippen LogP contribution in [0, 0.1) is 6.92 Å². The van der Waals surface area contributed by atoms with E-state index in [1.807, 2.05) is 31.2 Å². The number of ether oxygens (including phenoxy) is 2. The van der Waals surface area contributed by atoms with Gasteiger partial charge in [-0.15, -0.1) is 0 Å². The number of sulfonamides is 1. The number of nitrogens with zero attached hydrogens (tertiary/aromatic N) is 1. The second-order valence-electron chi connectivity index (χ2n) is 6.11. The molecule has 0 spiro atoms. The zero-order valence-corrected chi connectivity index (χ0v) is 16.7. The lowest BCUT2D eigenvalue weighted by Gasteiger charge is -2.15. The van der Waals surface area contributed by atoms with Gasteiger partial charge in [0.15, 0.2) is 0 Å². The van der Waals surface area contributed by atoms with Gasteiger partial charge in [0.1, 0.15) is 11.5 Å². The van der Waals surface area contributed by atoms with Crippen molar-refractivity contribution in [1.29, 1.82) is 0 Å². The number of carbonyl (C=O) groups excluding carboxylic acids is 1. The summed E-state index contributed by atoms with van der Waals surface area (Å²) in [7, 11) is 0.725. The summed E-state index contributed by atoms with van der Waals surface area (Å²) < 4.78 is 36.4. The molecule has 1 N–H and O–H groups in total. The molecule has 2 aromatic rings. The van der Waals surface area contributed by atoms with E-state index >= 15 is 0 Å². The minimum Gasteiger partial charge on any atom is -0.495 e. The van der Waals surface area contributed by atoms with Crippen molar-refractivity contribution < 1.29 is 22.7 Å². The highest BCUT2D eigenvalue weighted by Gasteiger charge is 2.19. The van der Waals surface area contributed by atoms with Crippen LogP contribution in [0.4, 0.5) is 5.69 Å². The minimum absolute atomic E-state index is 0.0691. The Morgan fingerprint density at radius 3 is 2.52 bits per heavy atom. The van der Waals surface area contributed by atoms with E-state index in [9.17, 15) is 13.2 Å². The first-order valence-corrected chi connectivity index (χ1v) is 9.78. The number of carbonyl (C=O) groups is 1. The number of methoxy groups -OCH3 is 1. The molecule has 0 fully saturated rings. The summed E-state index contributed by atoms with van der Waals surface area (Å²) >= 11 is 0. The van der Waals surface area contributed by atoms with Crippen molar-refractivity contribution in [2.45, 2.75) is 18.2 Å². The number of amides is 1. The fourth-order valence-corrected chi connectivity index (χ4v) is 3.26. The highest BCUT2D eigenvalue weighted by atomic mass is 32.2. The Kier molecular flexibility index (Phi) is 6.81. The lowest BCUT2D eigenvalue weighted by molar-refractivity contribution is -0.116. The first-order chi connectivity index (χ1) is 12.7. The first-order valence-electron chi connectivity index (χ1n) is 8.34. The Hall–Kier alpha value is -2.58. The minimum atomic E-state index is -3.62. The molecule has 1 amide bonds. The zero-order valence-electron chi connectivity index (χ0n) is 15.9. The molecule has 0 aliphatic carbocycles. The summed E-state index contributed by atoms with van der Waals surface area (Å²) in [5, 5.41) is 2.68. The fraction of sp³-hybridized carbons (Fsp3) is 0.316. The smallest absolute Gasteiger partial charge is 0.242 e. The summed E-state index contributed by atoms with van der Waals surface area (Å²) in [4.78, 5) is 12.3. The summed E-state index contributed by atoms with van der Waals surface area (Å²) in [6.45, 7) is 2.16. The van der Waals surface area contributed by atoms with E-state index in [4.69, 9.17) is 9.47 Å². The van der Waals surface area contributed by atoms with Crippen molar-refractivity contribution in [3.05, 3.63) is 48.0 Å². The van der Waals surface area contributed by atoms with E-state index in [1.54, 1.807) is 0 Å². The maximum atomic E-state index is 12.3. The van der Waals surface area contributed by atoms with Gasteiger partial charge < -0.3 is 14.8 Å².